The van der Waals surface area contributed by atoms with E-state index in [4.69, 9.17) is 4.74 Å². The predicted molar refractivity (Wildman–Crippen MR) is 115 cm³/mol. The summed E-state index contributed by atoms with van der Waals surface area (Å²) in [5.41, 5.74) is 2.33. The molecule has 3 aromatic rings. The second-order valence-corrected chi connectivity index (χ2v) is 7.45. The molecule has 0 fully saturated rings. The first-order chi connectivity index (χ1) is 14.4. The zero-order valence-corrected chi connectivity index (χ0v) is 17.6. The number of methoxy groups -OCH3 is 1. The van der Waals surface area contributed by atoms with Crippen molar-refractivity contribution in [2.45, 2.75) is 33.2 Å². The second-order valence-electron chi connectivity index (χ2n) is 7.45. The molecule has 156 valence electrons. The first-order valence-electron chi connectivity index (χ1n) is 9.82. The van der Waals surface area contributed by atoms with Gasteiger partial charge in [-0.05, 0) is 42.7 Å². The molecule has 2 heterocycles. The van der Waals surface area contributed by atoms with E-state index in [1.165, 1.54) is 0 Å². The zero-order chi connectivity index (χ0) is 21.7. The molecule has 0 aliphatic heterocycles. The summed E-state index contributed by atoms with van der Waals surface area (Å²) in [6.07, 6.45) is 3.23. The molecule has 2 aromatic heterocycles. The summed E-state index contributed by atoms with van der Waals surface area (Å²) in [5, 5.41) is 3.05. The zero-order valence-electron chi connectivity index (χ0n) is 17.6. The molecular formula is C23H26N4O3. The molecule has 1 amide bonds. The monoisotopic (exact) mass is 406 g/mol. The van der Waals surface area contributed by atoms with Gasteiger partial charge in [-0.2, -0.15) is 0 Å². The number of H-pyrrole nitrogens is 1. The molecule has 30 heavy (non-hydrogen) atoms. The lowest BCUT2D eigenvalue weighted by Gasteiger charge is -2.23. The van der Waals surface area contributed by atoms with Crippen molar-refractivity contribution in [3.63, 3.8) is 0 Å². The minimum absolute atomic E-state index is 0.0375. The Morgan fingerprint density at radius 3 is 2.37 bits per heavy atom. The van der Waals surface area contributed by atoms with Crippen molar-refractivity contribution in [1.82, 2.24) is 20.3 Å². The molecule has 0 aliphatic carbocycles. The summed E-state index contributed by atoms with van der Waals surface area (Å²) in [6, 6.07) is 11.0. The number of hydrogen-bond acceptors (Lipinski definition) is 5. The van der Waals surface area contributed by atoms with E-state index >= 15 is 0 Å². The molecule has 3 rings (SSSR count). The van der Waals surface area contributed by atoms with Gasteiger partial charge in [0.05, 0.1) is 19.6 Å². The fourth-order valence-corrected chi connectivity index (χ4v) is 3.30. The Bertz CT molecular complexity index is 1060. The summed E-state index contributed by atoms with van der Waals surface area (Å²) in [7, 11) is 1.62. The number of aromatic amines is 1. The number of ether oxygens (including phenoxy) is 1. The van der Waals surface area contributed by atoms with Gasteiger partial charge in [0, 0.05) is 29.2 Å². The normalized spacial score (nSPS) is 11.9. The summed E-state index contributed by atoms with van der Waals surface area (Å²) in [4.78, 5) is 36.6. The Labute approximate surface area is 175 Å². The van der Waals surface area contributed by atoms with Crippen molar-refractivity contribution in [2.75, 3.05) is 7.11 Å². The van der Waals surface area contributed by atoms with Crippen LogP contribution in [0.2, 0.25) is 0 Å². The van der Waals surface area contributed by atoms with Crippen LogP contribution in [0.25, 0.3) is 11.4 Å². The molecule has 7 heteroatoms. The van der Waals surface area contributed by atoms with Gasteiger partial charge in [0.25, 0.3) is 5.56 Å². The van der Waals surface area contributed by atoms with E-state index in [1.54, 1.807) is 38.6 Å². The minimum Gasteiger partial charge on any atom is -0.497 e. The van der Waals surface area contributed by atoms with Crippen LogP contribution in [0.1, 0.15) is 36.7 Å². The number of amides is 1. The number of pyridine rings is 1. The van der Waals surface area contributed by atoms with Gasteiger partial charge in [0.1, 0.15) is 11.6 Å². The van der Waals surface area contributed by atoms with Crippen molar-refractivity contribution < 1.29 is 9.53 Å². The Morgan fingerprint density at radius 2 is 1.80 bits per heavy atom. The molecule has 1 aromatic carbocycles. The number of aryl methyl sites for hydroxylation is 1. The fraction of sp³-hybridized carbons (Fsp3) is 0.304. The van der Waals surface area contributed by atoms with E-state index in [9.17, 15) is 9.59 Å². The van der Waals surface area contributed by atoms with Crippen molar-refractivity contribution in [3.8, 4) is 17.1 Å². The topological polar surface area (TPSA) is 97.0 Å². The van der Waals surface area contributed by atoms with Gasteiger partial charge in [0.15, 0.2) is 0 Å². The second kappa shape index (κ2) is 9.35. The van der Waals surface area contributed by atoms with Crippen LogP contribution in [0.5, 0.6) is 5.75 Å². The van der Waals surface area contributed by atoms with Crippen LogP contribution < -0.4 is 15.6 Å². The molecule has 1 atom stereocenters. The summed E-state index contributed by atoms with van der Waals surface area (Å²) in [5.74, 6) is 1.17. The molecule has 0 unspecified atom stereocenters. The average molecular weight is 406 g/mol. The summed E-state index contributed by atoms with van der Waals surface area (Å²) in [6.45, 7) is 5.82. The van der Waals surface area contributed by atoms with Crippen LogP contribution in [-0.2, 0) is 11.2 Å². The van der Waals surface area contributed by atoms with Crippen molar-refractivity contribution in [3.05, 3.63) is 76.0 Å². The van der Waals surface area contributed by atoms with Crippen LogP contribution in [0.3, 0.4) is 0 Å². The summed E-state index contributed by atoms with van der Waals surface area (Å²) >= 11 is 0. The minimum atomic E-state index is -0.310. The lowest BCUT2D eigenvalue weighted by Crippen LogP contribution is -2.34. The number of hydrogen-bond donors (Lipinski definition) is 2. The Morgan fingerprint density at radius 1 is 1.13 bits per heavy atom. The maximum Gasteiger partial charge on any atom is 0.255 e. The molecule has 0 saturated carbocycles. The fourth-order valence-electron chi connectivity index (χ4n) is 3.30. The van der Waals surface area contributed by atoms with Crippen molar-refractivity contribution in [2.24, 2.45) is 5.92 Å². The van der Waals surface area contributed by atoms with E-state index in [1.807, 2.05) is 38.1 Å². The van der Waals surface area contributed by atoms with Gasteiger partial charge in [-0.15, -0.1) is 0 Å². The molecule has 0 bridgehead atoms. The van der Waals surface area contributed by atoms with Crippen molar-refractivity contribution >= 4 is 5.91 Å². The van der Waals surface area contributed by atoms with E-state index < -0.39 is 0 Å². The Hall–Kier alpha value is -3.48. The van der Waals surface area contributed by atoms with Gasteiger partial charge >= 0.3 is 0 Å². The molecule has 2 N–H and O–H groups in total. The van der Waals surface area contributed by atoms with Gasteiger partial charge < -0.3 is 15.0 Å². The maximum atomic E-state index is 12.8. The number of nitrogens with one attached hydrogen (secondary N) is 2. The van der Waals surface area contributed by atoms with Gasteiger partial charge in [-0.1, -0.05) is 26.0 Å². The third kappa shape index (κ3) is 4.92. The molecule has 7 nitrogen and oxygen atoms in total. The highest BCUT2D eigenvalue weighted by atomic mass is 16.5. The third-order valence-corrected chi connectivity index (χ3v) is 4.97. The van der Waals surface area contributed by atoms with Crippen LogP contribution in [0, 0.1) is 12.8 Å². The number of nitrogens with zero attached hydrogens (tertiary/aromatic N) is 2. The summed E-state index contributed by atoms with van der Waals surface area (Å²) < 4.78 is 5.20. The van der Waals surface area contributed by atoms with Crippen LogP contribution in [-0.4, -0.2) is 28.0 Å². The SMILES string of the molecule is COc1ccc([C@@H](NC(=O)Cc2c(C)nc(-c3ccncc3)[nH]c2=O)C(C)C)cc1. The van der Waals surface area contributed by atoms with E-state index in [0.29, 0.717) is 17.1 Å². The van der Waals surface area contributed by atoms with E-state index in [-0.39, 0.29) is 29.8 Å². The molecule has 0 radical (unpaired) electrons. The number of benzene rings is 1. The van der Waals surface area contributed by atoms with E-state index in [2.05, 4.69) is 20.3 Å². The largest absolute Gasteiger partial charge is 0.497 e. The molecule has 0 spiro atoms. The molecular weight excluding hydrogens is 380 g/mol. The first kappa shape index (κ1) is 21.2. The highest BCUT2D eigenvalue weighted by Crippen LogP contribution is 2.24. The quantitative estimate of drug-likeness (QED) is 0.628. The van der Waals surface area contributed by atoms with Gasteiger partial charge in [0.2, 0.25) is 5.91 Å². The standard InChI is InChI=1S/C23H26N4O3/c1-14(2)21(16-5-7-18(30-4)8-6-16)26-20(28)13-19-15(3)25-22(27-23(19)29)17-9-11-24-12-10-17/h5-12,14,21H,13H2,1-4H3,(H,26,28)(H,25,27,29)/t21-/m0/s1. The van der Waals surface area contributed by atoms with Crippen LogP contribution in [0.15, 0.2) is 53.6 Å². The number of rotatable bonds is 7. The lowest BCUT2D eigenvalue weighted by molar-refractivity contribution is -0.121. The van der Waals surface area contributed by atoms with Gasteiger partial charge in [-0.25, -0.2) is 4.98 Å². The number of carbonyl (C=O) groups is 1. The highest BCUT2D eigenvalue weighted by Gasteiger charge is 2.20. The van der Waals surface area contributed by atoms with Crippen LogP contribution in [0.4, 0.5) is 0 Å². The highest BCUT2D eigenvalue weighted by molar-refractivity contribution is 5.79. The predicted octanol–water partition coefficient (Wildman–Crippen LogP) is 3.20. The lowest BCUT2D eigenvalue weighted by atomic mass is 9.95. The molecule has 0 aliphatic rings. The maximum absolute atomic E-state index is 12.8. The molecule has 0 saturated heterocycles. The van der Waals surface area contributed by atoms with Crippen LogP contribution >= 0.6 is 0 Å². The van der Waals surface area contributed by atoms with E-state index in [0.717, 1.165) is 16.9 Å². The number of aromatic nitrogens is 3. The Balaban J connectivity index is 1.78. The third-order valence-electron chi connectivity index (χ3n) is 4.97. The van der Waals surface area contributed by atoms with Gasteiger partial charge in [-0.3, -0.25) is 14.6 Å². The first-order valence-corrected chi connectivity index (χ1v) is 9.82. The number of carbonyl (C=O) groups excluding carboxylic acids is 1. The smallest absolute Gasteiger partial charge is 0.255 e. The Kier molecular flexibility index (Phi) is 6.61. The average Bonchev–Trinajstić information content (AvgIpc) is 2.75. The van der Waals surface area contributed by atoms with Crippen molar-refractivity contribution in [1.29, 1.82) is 0 Å².